The predicted octanol–water partition coefficient (Wildman–Crippen LogP) is 1.80. The second-order valence-electron chi connectivity index (χ2n) is 8.95. The summed E-state index contributed by atoms with van der Waals surface area (Å²) in [6, 6.07) is 9.48. The predicted molar refractivity (Wildman–Crippen MR) is 111 cm³/mol. The van der Waals surface area contributed by atoms with Gasteiger partial charge in [-0.25, -0.2) is 9.29 Å². The Labute approximate surface area is 183 Å². The smallest absolute Gasteiger partial charge is 0.291 e. The Morgan fingerprint density at radius 1 is 1.16 bits per heavy atom. The van der Waals surface area contributed by atoms with Gasteiger partial charge in [-0.1, -0.05) is 23.2 Å². The van der Waals surface area contributed by atoms with Crippen LogP contribution in [0.2, 0.25) is 5.02 Å². The molecular weight excluding hydrogens is 421 g/mol. The van der Waals surface area contributed by atoms with Crippen LogP contribution in [0.25, 0.3) is 0 Å². The molecular formula is C23H20ClFN3O3+. The molecule has 158 valence electrons. The molecule has 3 fully saturated rings. The van der Waals surface area contributed by atoms with E-state index >= 15 is 0 Å². The van der Waals surface area contributed by atoms with Crippen LogP contribution in [0, 0.1) is 24.6 Å². The Morgan fingerprint density at radius 3 is 2.74 bits per heavy atom. The highest BCUT2D eigenvalue weighted by molar-refractivity contribution is 6.31. The highest BCUT2D eigenvalue weighted by Crippen LogP contribution is 2.52. The van der Waals surface area contributed by atoms with Gasteiger partial charge in [0.05, 0.1) is 22.9 Å². The van der Waals surface area contributed by atoms with E-state index in [2.05, 4.69) is 5.32 Å². The fourth-order valence-electron chi connectivity index (χ4n) is 6.45. The van der Waals surface area contributed by atoms with E-state index in [0.717, 1.165) is 46.4 Å². The van der Waals surface area contributed by atoms with Crippen LogP contribution >= 0.6 is 11.6 Å². The summed E-state index contributed by atoms with van der Waals surface area (Å²) in [5, 5.41) is 2.82. The Balaban J connectivity index is 1.56. The molecule has 4 aliphatic heterocycles. The van der Waals surface area contributed by atoms with Gasteiger partial charge in [-0.15, -0.1) is 0 Å². The summed E-state index contributed by atoms with van der Waals surface area (Å²) in [5.74, 6) is -2.97. The SMILES string of the molecule is Cc1ccc2c(c1)[C@@]1(C(=O)N2)[C@@H]2C(=O)N(c3ccc(F)c(Cl)c3)C(=O)[C@@H]2[C@@H]2CCC[NH+]21. The highest BCUT2D eigenvalue weighted by atomic mass is 35.5. The van der Waals surface area contributed by atoms with E-state index in [1.54, 1.807) is 0 Å². The van der Waals surface area contributed by atoms with Crippen molar-refractivity contribution >= 4 is 40.7 Å². The summed E-state index contributed by atoms with van der Waals surface area (Å²) in [6.07, 6.45) is 1.67. The van der Waals surface area contributed by atoms with E-state index in [9.17, 15) is 18.8 Å². The first kappa shape index (κ1) is 19.0. The number of benzene rings is 2. The van der Waals surface area contributed by atoms with Crippen molar-refractivity contribution in [1.82, 2.24) is 0 Å². The van der Waals surface area contributed by atoms with Gasteiger partial charge in [0.15, 0.2) is 0 Å². The van der Waals surface area contributed by atoms with E-state index in [1.807, 2.05) is 25.1 Å². The first-order valence-electron chi connectivity index (χ1n) is 10.5. The Kier molecular flexibility index (Phi) is 3.76. The molecule has 0 aliphatic carbocycles. The maximum atomic E-state index is 13.8. The number of anilines is 2. The number of nitrogens with zero attached hydrogens (tertiary/aromatic N) is 1. The lowest BCUT2D eigenvalue weighted by Gasteiger charge is -2.33. The van der Waals surface area contributed by atoms with Gasteiger partial charge in [0.2, 0.25) is 17.4 Å². The van der Waals surface area contributed by atoms with Crippen molar-refractivity contribution in [2.45, 2.75) is 31.3 Å². The van der Waals surface area contributed by atoms with Crippen LogP contribution in [-0.2, 0) is 19.9 Å². The quantitative estimate of drug-likeness (QED) is 0.664. The number of fused-ring (bicyclic) bond motifs is 7. The Morgan fingerprint density at radius 2 is 1.97 bits per heavy atom. The summed E-state index contributed by atoms with van der Waals surface area (Å²) in [5.41, 5.74) is 1.61. The first-order valence-corrected chi connectivity index (χ1v) is 10.8. The lowest BCUT2D eigenvalue weighted by Crippen LogP contribution is -3.19. The first-order chi connectivity index (χ1) is 14.9. The number of quaternary nitrogens is 1. The van der Waals surface area contributed by atoms with Crippen LogP contribution in [0.4, 0.5) is 15.8 Å². The molecule has 4 heterocycles. The van der Waals surface area contributed by atoms with Crippen LogP contribution in [0.15, 0.2) is 36.4 Å². The Bertz CT molecular complexity index is 1200. The van der Waals surface area contributed by atoms with E-state index in [4.69, 9.17) is 11.6 Å². The van der Waals surface area contributed by atoms with Crippen LogP contribution in [0.3, 0.4) is 0 Å². The summed E-state index contributed by atoms with van der Waals surface area (Å²) < 4.78 is 13.7. The lowest BCUT2D eigenvalue weighted by atomic mass is 9.75. The molecule has 2 N–H and O–H groups in total. The number of halogens is 2. The van der Waals surface area contributed by atoms with E-state index in [1.165, 1.54) is 12.1 Å². The third-order valence-corrected chi connectivity index (χ3v) is 7.82. The van der Waals surface area contributed by atoms with Crippen LogP contribution < -0.4 is 15.1 Å². The molecule has 31 heavy (non-hydrogen) atoms. The number of amides is 3. The van der Waals surface area contributed by atoms with E-state index in [-0.39, 0.29) is 28.6 Å². The van der Waals surface area contributed by atoms with Crippen molar-refractivity contribution in [2.75, 3.05) is 16.8 Å². The normalized spacial score (nSPS) is 33.1. The number of hydrogen-bond donors (Lipinski definition) is 2. The topological polar surface area (TPSA) is 70.9 Å². The zero-order valence-corrected chi connectivity index (χ0v) is 17.5. The van der Waals surface area contributed by atoms with Gasteiger partial charge in [0, 0.05) is 18.4 Å². The maximum absolute atomic E-state index is 13.8. The van der Waals surface area contributed by atoms with Gasteiger partial charge in [-0.05, 0) is 37.3 Å². The minimum absolute atomic E-state index is 0.111. The highest BCUT2D eigenvalue weighted by Gasteiger charge is 2.78. The van der Waals surface area contributed by atoms with Gasteiger partial charge in [0.25, 0.3) is 5.91 Å². The molecule has 4 aliphatic rings. The largest absolute Gasteiger partial charge is 0.320 e. The second-order valence-corrected chi connectivity index (χ2v) is 9.36. The average Bonchev–Trinajstić information content (AvgIpc) is 3.43. The molecule has 2 aromatic rings. The second kappa shape index (κ2) is 6.14. The average molecular weight is 441 g/mol. The summed E-state index contributed by atoms with van der Waals surface area (Å²) >= 11 is 5.93. The van der Waals surface area contributed by atoms with Crippen LogP contribution in [0.5, 0.6) is 0 Å². The van der Waals surface area contributed by atoms with Crippen molar-refractivity contribution in [3.63, 3.8) is 0 Å². The van der Waals surface area contributed by atoms with Crippen LogP contribution in [0.1, 0.15) is 24.0 Å². The Hall–Kier alpha value is -2.77. The van der Waals surface area contributed by atoms with Gasteiger partial charge in [-0.3, -0.25) is 14.4 Å². The molecule has 3 saturated heterocycles. The molecule has 1 unspecified atom stereocenters. The molecule has 6 nitrogen and oxygen atoms in total. The number of hydrogen-bond acceptors (Lipinski definition) is 3. The van der Waals surface area contributed by atoms with E-state index in [0.29, 0.717) is 5.69 Å². The van der Waals surface area contributed by atoms with Crippen molar-refractivity contribution in [2.24, 2.45) is 11.8 Å². The van der Waals surface area contributed by atoms with Gasteiger partial charge < -0.3 is 10.2 Å². The van der Waals surface area contributed by atoms with Crippen molar-refractivity contribution in [1.29, 1.82) is 0 Å². The lowest BCUT2D eigenvalue weighted by molar-refractivity contribution is -0.948. The zero-order chi connectivity index (χ0) is 21.7. The van der Waals surface area contributed by atoms with Crippen LogP contribution in [-0.4, -0.2) is 30.3 Å². The zero-order valence-electron chi connectivity index (χ0n) is 16.7. The standard InChI is InChI=1S/C23H19ClFN3O3/c1-11-4-7-16-13(9-11)23(22(31)26-16)19-18(17-3-2-8-27(17)23)20(29)28(21(19)30)12-5-6-15(25)14(24)10-12/h4-7,9-10,17-19H,2-3,8H2,1H3,(H,26,31)/p+1/t17-,18+,19-,23-/m0/s1. The fourth-order valence-corrected chi connectivity index (χ4v) is 6.63. The number of nitrogens with one attached hydrogen (secondary N) is 2. The summed E-state index contributed by atoms with van der Waals surface area (Å²) in [4.78, 5) is 43.1. The maximum Gasteiger partial charge on any atom is 0.291 e. The molecule has 8 heteroatoms. The molecule has 1 spiro atoms. The van der Waals surface area contributed by atoms with Crippen molar-refractivity contribution in [3.05, 3.63) is 58.4 Å². The molecule has 6 rings (SSSR count). The minimum atomic E-state index is -1.13. The molecule has 2 aromatic carbocycles. The number of carbonyl (C=O) groups is 3. The molecule has 0 bridgehead atoms. The van der Waals surface area contributed by atoms with Gasteiger partial charge in [0.1, 0.15) is 23.7 Å². The third-order valence-electron chi connectivity index (χ3n) is 7.53. The molecule has 0 radical (unpaired) electrons. The summed E-state index contributed by atoms with van der Waals surface area (Å²) in [7, 11) is 0. The summed E-state index contributed by atoms with van der Waals surface area (Å²) in [6.45, 7) is 2.69. The molecule has 0 saturated carbocycles. The number of rotatable bonds is 1. The number of imide groups is 1. The fraction of sp³-hybridized carbons (Fsp3) is 0.348. The number of carbonyl (C=O) groups excluding carboxylic acids is 3. The molecule has 3 amide bonds. The minimum Gasteiger partial charge on any atom is -0.320 e. The van der Waals surface area contributed by atoms with Gasteiger partial charge in [-0.2, -0.15) is 0 Å². The van der Waals surface area contributed by atoms with Gasteiger partial charge >= 0.3 is 0 Å². The molecule has 0 aromatic heterocycles. The van der Waals surface area contributed by atoms with E-state index < -0.39 is 29.1 Å². The number of aryl methyl sites for hydroxylation is 1. The third kappa shape index (κ3) is 2.18. The molecule has 5 atom stereocenters. The van der Waals surface area contributed by atoms with Crippen molar-refractivity contribution in [3.8, 4) is 0 Å². The van der Waals surface area contributed by atoms with Crippen molar-refractivity contribution < 1.29 is 23.7 Å². The monoisotopic (exact) mass is 440 g/mol.